The Kier molecular flexibility index (Phi) is 6.15. The summed E-state index contributed by atoms with van der Waals surface area (Å²) in [5.74, 6) is 3.23. The number of nitrogens with zero attached hydrogens (tertiary/aromatic N) is 1. The molecular formula is C24H35N3O4. The zero-order chi connectivity index (χ0) is 22.2. The van der Waals surface area contributed by atoms with Crippen LogP contribution in [-0.4, -0.2) is 49.7 Å². The Morgan fingerprint density at radius 2 is 1.71 bits per heavy atom. The first-order valence-corrected chi connectivity index (χ1v) is 11.4. The van der Waals surface area contributed by atoms with Crippen molar-refractivity contribution in [2.45, 2.75) is 63.6 Å². The minimum atomic E-state index is -0.474. The molecule has 4 saturated carbocycles. The van der Waals surface area contributed by atoms with E-state index in [1.807, 2.05) is 30.1 Å². The predicted octanol–water partition coefficient (Wildman–Crippen LogP) is 3.32. The number of imide groups is 1. The van der Waals surface area contributed by atoms with Crippen LogP contribution in [-0.2, 0) is 11.3 Å². The lowest BCUT2D eigenvalue weighted by Crippen LogP contribution is -2.62. The molecule has 1 aromatic rings. The number of urea groups is 1. The van der Waals surface area contributed by atoms with Gasteiger partial charge >= 0.3 is 6.03 Å². The number of carbonyl (C=O) groups is 2. The molecule has 7 nitrogen and oxygen atoms in total. The van der Waals surface area contributed by atoms with Gasteiger partial charge in [0, 0.05) is 17.6 Å². The third-order valence-corrected chi connectivity index (χ3v) is 7.60. The number of benzene rings is 1. The first kappa shape index (κ1) is 21.9. The van der Waals surface area contributed by atoms with Gasteiger partial charge in [-0.25, -0.2) is 4.79 Å². The van der Waals surface area contributed by atoms with Crippen molar-refractivity contribution in [2.24, 2.45) is 17.8 Å². The number of likely N-dealkylation sites (N-methyl/N-ethyl adjacent to an activating group) is 1. The Balaban J connectivity index is 1.34. The van der Waals surface area contributed by atoms with Gasteiger partial charge in [-0.1, -0.05) is 12.1 Å². The molecule has 0 radical (unpaired) electrons. The van der Waals surface area contributed by atoms with Crippen LogP contribution in [0.2, 0.25) is 0 Å². The third kappa shape index (κ3) is 4.52. The molecule has 4 bridgehead atoms. The molecule has 31 heavy (non-hydrogen) atoms. The van der Waals surface area contributed by atoms with Crippen molar-refractivity contribution in [2.75, 3.05) is 21.3 Å². The topological polar surface area (TPSA) is 79.9 Å². The predicted molar refractivity (Wildman–Crippen MR) is 118 cm³/mol. The van der Waals surface area contributed by atoms with Gasteiger partial charge in [0.1, 0.15) is 0 Å². The number of hydrogen-bond acceptors (Lipinski definition) is 5. The number of rotatable bonds is 7. The number of amides is 3. The molecule has 1 atom stereocenters. The van der Waals surface area contributed by atoms with E-state index in [-0.39, 0.29) is 17.5 Å². The minimum absolute atomic E-state index is 0.109. The number of ether oxygens (including phenoxy) is 2. The van der Waals surface area contributed by atoms with E-state index >= 15 is 0 Å². The lowest BCUT2D eigenvalue weighted by Gasteiger charge is -2.56. The Labute approximate surface area is 184 Å². The van der Waals surface area contributed by atoms with E-state index in [9.17, 15) is 9.59 Å². The lowest BCUT2D eigenvalue weighted by atomic mass is 9.53. The summed E-state index contributed by atoms with van der Waals surface area (Å²) in [6.07, 6.45) is 7.13. The standard InChI is InChI=1S/C24H35N3O4/c1-15(27(2)14-19-6-5-7-20(30-3)21(19)31-4)22(28)25-23(29)26-24-11-16-8-17(12-24)10-18(9-16)13-24/h5-7,15-18H,8-14H2,1-4H3,(H2,25,26,28,29). The van der Waals surface area contributed by atoms with Crippen LogP contribution in [0.5, 0.6) is 11.5 Å². The molecule has 0 aromatic heterocycles. The molecule has 4 aliphatic rings. The van der Waals surface area contributed by atoms with Gasteiger partial charge in [0.2, 0.25) is 5.91 Å². The van der Waals surface area contributed by atoms with E-state index < -0.39 is 6.04 Å². The molecule has 1 unspecified atom stereocenters. The van der Waals surface area contributed by atoms with Crippen LogP contribution < -0.4 is 20.1 Å². The second-order valence-corrected chi connectivity index (χ2v) is 9.88. The van der Waals surface area contributed by atoms with E-state index in [0.29, 0.717) is 18.0 Å². The highest BCUT2D eigenvalue weighted by molar-refractivity contribution is 5.97. The molecule has 3 amide bonds. The molecule has 2 N–H and O–H groups in total. The highest BCUT2D eigenvalue weighted by atomic mass is 16.5. The molecule has 4 aliphatic carbocycles. The van der Waals surface area contributed by atoms with Gasteiger partial charge in [0.05, 0.1) is 20.3 Å². The Hall–Kier alpha value is -2.28. The van der Waals surface area contributed by atoms with Crippen LogP contribution in [0.1, 0.15) is 51.0 Å². The summed E-state index contributed by atoms with van der Waals surface area (Å²) < 4.78 is 10.8. The fourth-order valence-electron chi connectivity index (χ4n) is 6.44. The quantitative estimate of drug-likeness (QED) is 0.695. The first-order chi connectivity index (χ1) is 14.8. The Bertz CT molecular complexity index is 805. The maximum Gasteiger partial charge on any atom is 0.321 e. The second kappa shape index (κ2) is 8.69. The van der Waals surface area contributed by atoms with Crippen molar-refractivity contribution in [1.29, 1.82) is 0 Å². The van der Waals surface area contributed by atoms with E-state index in [0.717, 1.165) is 42.6 Å². The van der Waals surface area contributed by atoms with Gasteiger partial charge in [-0.2, -0.15) is 0 Å². The van der Waals surface area contributed by atoms with E-state index in [4.69, 9.17) is 9.47 Å². The van der Waals surface area contributed by atoms with Crippen molar-refractivity contribution in [3.05, 3.63) is 23.8 Å². The number of methoxy groups -OCH3 is 2. The van der Waals surface area contributed by atoms with E-state index in [2.05, 4.69) is 10.6 Å². The number of carbonyl (C=O) groups excluding carboxylic acids is 2. The van der Waals surface area contributed by atoms with Gasteiger partial charge in [0.15, 0.2) is 11.5 Å². The van der Waals surface area contributed by atoms with Crippen LogP contribution >= 0.6 is 0 Å². The maximum atomic E-state index is 12.8. The highest BCUT2D eigenvalue weighted by Gasteiger charge is 2.51. The monoisotopic (exact) mass is 429 g/mol. The summed E-state index contributed by atoms with van der Waals surface area (Å²) in [6, 6.07) is 4.85. The largest absolute Gasteiger partial charge is 0.493 e. The lowest BCUT2D eigenvalue weighted by molar-refractivity contribution is -0.124. The molecule has 5 rings (SSSR count). The summed E-state index contributed by atoms with van der Waals surface area (Å²) in [6.45, 7) is 2.30. The average molecular weight is 430 g/mol. The maximum absolute atomic E-state index is 12.8. The minimum Gasteiger partial charge on any atom is -0.493 e. The van der Waals surface area contributed by atoms with Crippen LogP contribution in [0.15, 0.2) is 18.2 Å². The number of hydrogen-bond donors (Lipinski definition) is 2. The molecule has 7 heteroatoms. The smallest absolute Gasteiger partial charge is 0.321 e. The number of nitrogens with one attached hydrogen (secondary N) is 2. The van der Waals surface area contributed by atoms with Crippen LogP contribution in [0.3, 0.4) is 0 Å². The van der Waals surface area contributed by atoms with E-state index in [1.165, 1.54) is 19.3 Å². The summed E-state index contributed by atoms with van der Waals surface area (Å²) >= 11 is 0. The fourth-order valence-corrected chi connectivity index (χ4v) is 6.44. The van der Waals surface area contributed by atoms with Crippen LogP contribution in [0, 0.1) is 17.8 Å². The molecule has 170 valence electrons. The van der Waals surface area contributed by atoms with Gasteiger partial charge in [-0.3, -0.25) is 15.0 Å². The van der Waals surface area contributed by atoms with E-state index in [1.54, 1.807) is 21.1 Å². The summed E-state index contributed by atoms with van der Waals surface area (Å²) in [7, 11) is 5.07. The van der Waals surface area contributed by atoms with Gasteiger partial charge in [0.25, 0.3) is 0 Å². The van der Waals surface area contributed by atoms with Crippen molar-refractivity contribution in [3.63, 3.8) is 0 Å². The van der Waals surface area contributed by atoms with Crippen LogP contribution in [0.25, 0.3) is 0 Å². The Morgan fingerprint density at radius 3 is 2.26 bits per heavy atom. The van der Waals surface area contributed by atoms with Gasteiger partial charge in [-0.05, 0) is 76.3 Å². The summed E-state index contributed by atoms with van der Waals surface area (Å²) in [5.41, 5.74) is 0.810. The average Bonchev–Trinajstić information content (AvgIpc) is 2.71. The molecule has 1 aromatic carbocycles. The van der Waals surface area contributed by atoms with Crippen LogP contribution in [0.4, 0.5) is 4.79 Å². The van der Waals surface area contributed by atoms with Crippen molar-refractivity contribution in [3.8, 4) is 11.5 Å². The van der Waals surface area contributed by atoms with Crippen molar-refractivity contribution < 1.29 is 19.1 Å². The van der Waals surface area contributed by atoms with Crippen molar-refractivity contribution >= 4 is 11.9 Å². The van der Waals surface area contributed by atoms with Crippen molar-refractivity contribution in [1.82, 2.24) is 15.5 Å². The molecule has 0 spiro atoms. The van der Waals surface area contributed by atoms with Gasteiger partial charge in [-0.15, -0.1) is 0 Å². The SMILES string of the molecule is COc1cccc(CN(C)C(C)C(=O)NC(=O)NC23CC4CC(CC(C4)C2)C3)c1OC. The third-order valence-electron chi connectivity index (χ3n) is 7.60. The zero-order valence-electron chi connectivity index (χ0n) is 19.1. The van der Waals surface area contributed by atoms with Gasteiger partial charge < -0.3 is 14.8 Å². The first-order valence-electron chi connectivity index (χ1n) is 11.4. The fraction of sp³-hybridized carbons (Fsp3) is 0.667. The number of para-hydroxylation sites is 1. The highest BCUT2D eigenvalue weighted by Crippen LogP contribution is 2.55. The molecular weight excluding hydrogens is 394 g/mol. The normalized spacial score (nSPS) is 29.5. The molecule has 0 saturated heterocycles. The molecule has 0 aliphatic heterocycles. The molecule has 0 heterocycles. The zero-order valence-corrected chi connectivity index (χ0v) is 19.1. The summed E-state index contributed by atoms with van der Waals surface area (Å²) in [4.78, 5) is 27.4. The summed E-state index contributed by atoms with van der Waals surface area (Å²) in [5, 5.41) is 5.79. The Morgan fingerprint density at radius 1 is 1.10 bits per heavy atom. The molecule has 4 fully saturated rings. The second-order valence-electron chi connectivity index (χ2n) is 9.88.